The van der Waals surface area contributed by atoms with Gasteiger partial charge >= 0.3 is 0 Å². The SMILES string of the molecule is C=S(=O)(Nc1ccc(F)c(C(=O)c2c[nH]c3ncc(-c4cccnc4)cc23)c1F)C(C)C. The van der Waals surface area contributed by atoms with Gasteiger partial charge in [0.2, 0.25) is 5.78 Å². The minimum Gasteiger partial charge on any atom is -0.345 e. The highest BCUT2D eigenvalue weighted by Gasteiger charge is 2.25. The maximum Gasteiger partial charge on any atom is 0.201 e. The largest absolute Gasteiger partial charge is 0.345 e. The number of rotatable bonds is 6. The molecule has 32 heavy (non-hydrogen) atoms. The number of carbonyl (C=O) groups excluding carboxylic acids is 1. The number of ketones is 1. The number of aromatic amines is 1. The van der Waals surface area contributed by atoms with E-state index in [1.165, 1.54) is 6.20 Å². The highest BCUT2D eigenvalue weighted by Crippen LogP contribution is 2.29. The Balaban J connectivity index is 1.80. The molecule has 0 amide bonds. The summed E-state index contributed by atoms with van der Waals surface area (Å²) in [6.07, 6.45) is 6.27. The molecule has 3 aromatic heterocycles. The van der Waals surface area contributed by atoms with Crippen LogP contribution < -0.4 is 4.72 Å². The van der Waals surface area contributed by atoms with Crippen molar-refractivity contribution in [3.05, 3.63) is 77.9 Å². The molecule has 0 fully saturated rings. The lowest BCUT2D eigenvalue weighted by Gasteiger charge is -2.17. The van der Waals surface area contributed by atoms with Crippen molar-refractivity contribution in [3.8, 4) is 11.1 Å². The molecule has 3 heterocycles. The molecule has 6 nitrogen and oxygen atoms in total. The predicted molar refractivity (Wildman–Crippen MR) is 123 cm³/mol. The van der Waals surface area contributed by atoms with E-state index in [1.54, 1.807) is 44.6 Å². The Kier molecular flexibility index (Phi) is 5.52. The summed E-state index contributed by atoms with van der Waals surface area (Å²) in [5.41, 5.74) is 0.941. The molecule has 0 aliphatic carbocycles. The van der Waals surface area contributed by atoms with Crippen LogP contribution in [-0.4, -0.2) is 36.1 Å². The predicted octanol–water partition coefficient (Wildman–Crippen LogP) is 4.59. The van der Waals surface area contributed by atoms with Gasteiger partial charge in [0, 0.05) is 61.8 Å². The van der Waals surface area contributed by atoms with E-state index in [4.69, 9.17) is 0 Å². The summed E-state index contributed by atoms with van der Waals surface area (Å²) in [5, 5.41) is 0.00773. The summed E-state index contributed by atoms with van der Waals surface area (Å²) in [6, 6.07) is 7.38. The van der Waals surface area contributed by atoms with Gasteiger partial charge in [-0.3, -0.25) is 9.78 Å². The van der Waals surface area contributed by atoms with E-state index < -0.39 is 37.9 Å². The number of nitrogens with one attached hydrogen (secondary N) is 2. The highest BCUT2D eigenvalue weighted by molar-refractivity contribution is 8.02. The van der Waals surface area contributed by atoms with Crippen molar-refractivity contribution < 1.29 is 17.8 Å². The van der Waals surface area contributed by atoms with E-state index in [-0.39, 0.29) is 11.3 Å². The average Bonchev–Trinajstić information content (AvgIpc) is 3.19. The molecular formula is C23H20F2N4O2S. The van der Waals surface area contributed by atoms with Gasteiger partial charge in [-0.2, -0.15) is 0 Å². The fraction of sp³-hybridized carbons (Fsp3) is 0.130. The average molecular weight is 455 g/mol. The van der Waals surface area contributed by atoms with Crippen LogP contribution in [0.5, 0.6) is 0 Å². The number of halogens is 2. The van der Waals surface area contributed by atoms with Crippen molar-refractivity contribution in [2.24, 2.45) is 0 Å². The first kappa shape index (κ1) is 21.6. The van der Waals surface area contributed by atoms with Crippen LogP contribution in [0.25, 0.3) is 22.2 Å². The molecule has 4 rings (SSSR count). The smallest absolute Gasteiger partial charge is 0.201 e. The number of hydrogen-bond donors (Lipinski definition) is 2. The molecule has 0 aliphatic heterocycles. The van der Waals surface area contributed by atoms with Gasteiger partial charge in [0.05, 0.1) is 11.3 Å². The second-order valence-electron chi connectivity index (χ2n) is 7.55. The number of anilines is 1. The van der Waals surface area contributed by atoms with Crippen molar-refractivity contribution in [1.82, 2.24) is 15.0 Å². The molecule has 2 N–H and O–H groups in total. The van der Waals surface area contributed by atoms with E-state index >= 15 is 4.39 Å². The summed E-state index contributed by atoms with van der Waals surface area (Å²) >= 11 is 0. The van der Waals surface area contributed by atoms with Crippen LogP contribution in [0.1, 0.15) is 29.8 Å². The maximum atomic E-state index is 15.2. The van der Waals surface area contributed by atoms with E-state index in [9.17, 15) is 13.4 Å². The standard InChI is InChI=1S/C23H20F2N4O2S/c1-13(2)32(3,31)29-19-7-6-18(24)20(21(19)25)22(30)17-12-28-23-16(17)9-15(11-27-23)14-5-4-8-26-10-14/h4-13H,3H2,1-2H3,(H,27,28)(H,29,31). The molecule has 1 unspecified atom stereocenters. The summed E-state index contributed by atoms with van der Waals surface area (Å²) < 4.78 is 44.9. The number of fused-ring (bicyclic) bond motifs is 1. The van der Waals surface area contributed by atoms with Gasteiger partial charge in [-0.05, 0) is 44.0 Å². The topological polar surface area (TPSA) is 87.7 Å². The number of hydrogen-bond acceptors (Lipinski definition) is 4. The molecule has 0 spiro atoms. The molecule has 0 bridgehead atoms. The lowest BCUT2D eigenvalue weighted by molar-refractivity contribution is 0.103. The normalized spacial score (nSPS) is 13.3. The molecule has 0 aliphatic rings. The van der Waals surface area contributed by atoms with Crippen LogP contribution in [0, 0.1) is 11.6 Å². The summed E-state index contributed by atoms with van der Waals surface area (Å²) in [6.45, 7) is 3.32. The number of nitrogens with zero attached hydrogens (tertiary/aromatic N) is 2. The minimum atomic E-state index is -2.90. The van der Waals surface area contributed by atoms with Gasteiger partial charge in [-0.25, -0.2) is 18.0 Å². The van der Waals surface area contributed by atoms with Gasteiger partial charge in [-0.15, -0.1) is 0 Å². The summed E-state index contributed by atoms with van der Waals surface area (Å²) in [7, 11) is -2.90. The maximum absolute atomic E-state index is 15.2. The van der Waals surface area contributed by atoms with Crippen LogP contribution in [-0.2, 0) is 9.71 Å². The molecule has 1 atom stereocenters. The number of carbonyl (C=O) groups is 1. The highest BCUT2D eigenvalue weighted by atomic mass is 32.2. The Labute approximate surface area is 183 Å². The number of H-pyrrole nitrogens is 1. The Hall–Kier alpha value is -3.59. The zero-order valence-corrected chi connectivity index (χ0v) is 18.2. The van der Waals surface area contributed by atoms with E-state index in [0.29, 0.717) is 16.6 Å². The minimum absolute atomic E-state index is 0.0624. The molecule has 9 heteroatoms. The fourth-order valence-electron chi connectivity index (χ4n) is 3.16. The van der Waals surface area contributed by atoms with Crippen molar-refractivity contribution in [3.63, 3.8) is 0 Å². The Morgan fingerprint density at radius 2 is 1.97 bits per heavy atom. The quantitative estimate of drug-likeness (QED) is 0.330. The second-order valence-corrected chi connectivity index (χ2v) is 10.2. The van der Waals surface area contributed by atoms with Crippen LogP contribution in [0.4, 0.5) is 14.5 Å². The third-order valence-corrected chi connectivity index (χ3v) is 7.22. The number of aromatic nitrogens is 3. The van der Waals surface area contributed by atoms with Crippen LogP contribution in [0.15, 0.2) is 55.1 Å². The summed E-state index contributed by atoms with van der Waals surface area (Å²) in [5.74, 6) is 0.573. The Bertz CT molecular complexity index is 1430. The third-order valence-electron chi connectivity index (χ3n) is 5.13. The molecule has 1 aromatic carbocycles. The van der Waals surface area contributed by atoms with Gasteiger partial charge in [0.25, 0.3) is 0 Å². The van der Waals surface area contributed by atoms with E-state index in [0.717, 1.165) is 17.7 Å². The second kappa shape index (κ2) is 8.16. The molecule has 0 saturated heterocycles. The van der Waals surface area contributed by atoms with Gasteiger partial charge in [-0.1, -0.05) is 6.07 Å². The van der Waals surface area contributed by atoms with Gasteiger partial charge in [0.1, 0.15) is 11.5 Å². The van der Waals surface area contributed by atoms with Crippen molar-refractivity contribution >= 4 is 38.1 Å². The van der Waals surface area contributed by atoms with Crippen molar-refractivity contribution in [1.29, 1.82) is 0 Å². The molecule has 4 aromatic rings. The van der Waals surface area contributed by atoms with Crippen LogP contribution in [0.2, 0.25) is 0 Å². The van der Waals surface area contributed by atoms with E-state index in [1.807, 2.05) is 6.07 Å². The third kappa shape index (κ3) is 3.87. The van der Waals surface area contributed by atoms with Gasteiger partial charge < -0.3 is 9.71 Å². The zero-order valence-electron chi connectivity index (χ0n) is 17.4. The molecule has 0 saturated carbocycles. The fourth-order valence-corrected chi connectivity index (χ4v) is 3.93. The van der Waals surface area contributed by atoms with Crippen LogP contribution in [0.3, 0.4) is 0 Å². The first-order valence-electron chi connectivity index (χ1n) is 9.73. The molecule has 0 radical (unpaired) electrons. The monoisotopic (exact) mass is 454 g/mol. The van der Waals surface area contributed by atoms with Gasteiger partial charge in [0.15, 0.2) is 5.82 Å². The summed E-state index contributed by atoms with van der Waals surface area (Å²) in [4.78, 5) is 24.4. The lowest BCUT2D eigenvalue weighted by atomic mass is 10.00. The first-order chi connectivity index (χ1) is 15.2. The first-order valence-corrected chi connectivity index (χ1v) is 11.5. The lowest BCUT2D eigenvalue weighted by Crippen LogP contribution is -2.23. The zero-order chi connectivity index (χ0) is 23.0. The number of pyridine rings is 2. The van der Waals surface area contributed by atoms with E-state index in [2.05, 4.69) is 25.5 Å². The van der Waals surface area contributed by atoms with Crippen molar-refractivity contribution in [2.45, 2.75) is 19.1 Å². The Morgan fingerprint density at radius 1 is 1.19 bits per heavy atom. The van der Waals surface area contributed by atoms with Crippen LogP contribution >= 0.6 is 0 Å². The molecular weight excluding hydrogens is 434 g/mol. The number of benzene rings is 1. The molecule has 164 valence electrons. The Morgan fingerprint density at radius 3 is 2.66 bits per heavy atom. The van der Waals surface area contributed by atoms with Crippen molar-refractivity contribution in [2.75, 3.05) is 4.72 Å².